The van der Waals surface area contributed by atoms with Crippen molar-refractivity contribution >= 4 is 29.3 Å². The average Bonchev–Trinajstić information content (AvgIpc) is 3.51. The highest BCUT2D eigenvalue weighted by atomic mass is 19.1. The van der Waals surface area contributed by atoms with Gasteiger partial charge in [0, 0.05) is 0 Å². The summed E-state index contributed by atoms with van der Waals surface area (Å²) in [6.07, 6.45) is 4.66. The molecule has 4 aromatic rings. The normalized spacial score (nSPS) is 18.3. The van der Waals surface area contributed by atoms with Crippen molar-refractivity contribution < 1.29 is 23.8 Å². The molecule has 1 saturated carbocycles. The van der Waals surface area contributed by atoms with Crippen LogP contribution >= 0.6 is 0 Å². The fourth-order valence-corrected chi connectivity index (χ4v) is 4.88. The van der Waals surface area contributed by atoms with Crippen molar-refractivity contribution in [3.05, 3.63) is 83.7 Å². The van der Waals surface area contributed by atoms with E-state index in [2.05, 4.69) is 36.1 Å². The van der Waals surface area contributed by atoms with E-state index < -0.39 is 29.9 Å². The lowest BCUT2D eigenvalue weighted by molar-refractivity contribution is 0.00807. The SMILES string of the molecule is Cc1ncc(Nc2nc(N[C@@H]3C[C@@H](OCc4ccccc4)CC[C@@H]3NC(=O)O)c(F)cc2C(N)=O)cc1-n1nccn1. The lowest BCUT2D eigenvalue weighted by Gasteiger charge is -2.36. The fraction of sp³-hybridized carbons (Fsp3) is 0.286. The molecule has 1 aliphatic rings. The molecule has 0 unspecified atom stereocenters. The predicted octanol–water partition coefficient (Wildman–Crippen LogP) is 3.53. The quantitative estimate of drug-likeness (QED) is 0.188. The number of hydrogen-bond acceptors (Lipinski definition) is 9. The summed E-state index contributed by atoms with van der Waals surface area (Å²) in [5.41, 5.74) is 8.04. The minimum Gasteiger partial charge on any atom is -0.465 e. The van der Waals surface area contributed by atoms with E-state index in [0.717, 1.165) is 11.6 Å². The molecule has 218 valence electrons. The van der Waals surface area contributed by atoms with Gasteiger partial charge in [0.15, 0.2) is 11.6 Å². The molecule has 0 bridgehead atoms. The van der Waals surface area contributed by atoms with Gasteiger partial charge in [-0.15, -0.1) is 4.80 Å². The summed E-state index contributed by atoms with van der Waals surface area (Å²) in [6, 6.07) is 11.3. The predicted molar refractivity (Wildman–Crippen MR) is 151 cm³/mol. The maximum atomic E-state index is 15.3. The maximum absolute atomic E-state index is 15.3. The number of carbonyl (C=O) groups is 2. The van der Waals surface area contributed by atoms with Gasteiger partial charge in [-0.3, -0.25) is 9.78 Å². The number of anilines is 3. The van der Waals surface area contributed by atoms with Crippen LogP contribution in [0.3, 0.4) is 0 Å². The van der Waals surface area contributed by atoms with Gasteiger partial charge in [-0.25, -0.2) is 14.2 Å². The summed E-state index contributed by atoms with van der Waals surface area (Å²) >= 11 is 0. The molecule has 0 aliphatic heterocycles. The molecule has 0 radical (unpaired) electrons. The third kappa shape index (κ3) is 6.78. The van der Waals surface area contributed by atoms with E-state index in [1.54, 1.807) is 13.0 Å². The highest BCUT2D eigenvalue weighted by Crippen LogP contribution is 2.29. The number of aryl methyl sites for hydroxylation is 1. The Morgan fingerprint density at radius 1 is 1.12 bits per heavy atom. The molecule has 14 heteroatoms. The zero-order valence-electron chi connectivity index (χ0n) is 22.7. The van der Waals surface area contributed by atoms with Crippen LogP contribution in [-0.4, -0.2) is 60.3 Å². The molecule has 13 nitrogen and oxygen atoms in total. The van der Waals surface area contributed by atoms with Crippen molar-refractivity contribution in [1.29, 1.82) is 0 Å². The Balaban J connectivity index is 1.39. The smallest absolute Gasteiger partial charge is 0.404 e. The molecule has 3 heterocycles. The Hall–Kier alpha value is -5.11. The number of primary amides is 1. The lowest BCUT2D eigenvalue weighted by atomic mass is 9.88. The zero-order chi connectivity index (χ0) is 29.6. The van der Waals surface area contributed by atoms with Gasteiger partial charge in [-0.1, -0.05) is 30.3 Å². The number of nitrogens with two attached hydrogens (primary N) is 1. The maximum Gasteiger partial charge on any atom is 0.404 e. The van der Waals surface area contributed by atoms with Crippen LogP contribution in [0.5, 0.6) is 0 Å². The highest BCUT2D eigenvalue weighted by molar-refractivity contribution is 5.98. The van der Waals surface area contributed by atoms with Crippen LogP contribution in [-0.2, 0) is 11.3 Å². The standard InChI is InChI=1S/C28H30FN9O4/c1-16-24(38-32-9-10-33-38)11-18(14-31-16)34-26-20(25(30)39)13-21(29)27(37-26)35-23-12-19(7-8-22(23)36-28(40)41)42-15-17-5-3-2-4-6-17/h2-6,9-11,13-14,19,22-23,36H,7-8,12,15H2,1H3,(H2,30,39)(H,40,41)(H2,34,35,37)/t19-,22-,23+/m0/s1. The van der Waals surface area contributed by atoms with Crippen LogP contribution in [0, 0.1) is 12.7 Å². The van der Waals surface area contributed by atoms with E-state index in [-0.39, 0.29) is 23.3 Å². The molecule has 1 aliphatic carbocycles. The second-order valence-electron chi connectivity index (χ2n) is 9.89. The zero-order valence-corrected chi connectivity index (χ0v) is 22.7. The van der Waals surface area contributed by atoms with Gasteiger partial charge in [-0.2, -0.15) is 10.2 Å². The molecule has 1 fully saturated rings. The van der Waals surface area contributed by atoms with E-state index in [0.29, 0.717) is 42.9 Å². The number of ether oxygens (including phenoxy) is 1. The first-order valence-electron chi connectivity index (χ1n) is 13.3. The second kappa shape index (κ2) is 12.6. The van der Waals surface area contributed by atoms with E-state index in [1.807, 2.05) is 30.3 Å². The van der Waals surface area contributed by atoms with Crippen LogP contribution in [0.15, 0.2) is 61.1 Å². The largest absolute Gasteiger partial charge is 0.465 e. The third-order valence-corrected chi connectivity index (χ3v) is 6.96. The van der Waals surface area contributed by atoms with Gasteiger partial charge in [0.25, 0.3) is 5.91 Å². The topological polar surface area (TPSA) is 182 Å². The van der Waals surface area contributed by atoms with Crippen LogP contribution < -0.4 is 21.7 Å². The number of nitrogens with zero attached hydrogens (tertiary/aromatic N) is 5. The number of carbonyl (C=O) groups excluding carboxylic acids is 1. The number of carboxylic acid groups (broad SMARTS) is 1. The molecule has 5 rings (SSSR count). The molecule has 0 saturated heterocycles. The monoisotopic (exact) mass is 575 g/mol. The van der Waals surface area contributed by atoms with Crippen LogP contribution in [0.2, 0.25) is 0 Å². The molecule has 6 N–H and O–H groups in total. The summed E-state index contributed by atoms with van der Waals surface area (Å²) in [6.45, 7) is 2.18. The van der Waals surface area contributed by atoms with Crippen molar-refractivity contribution in [3.8, 4) is 5.69 Å². The number of benzene rings is 1. The van der Waals surface area contributed by atoms with Gasteiger partial charge < -0.3 is 31.5 Å². The number of amides is 2. The van der Waals surface area contributed by atoms with Crippen molar-refractivity contribution in [1.82, 2.24) is 30.3 Å². The van der Waals surface area contributed by atoms with Gasteiger partial charge in [-0.05, 0) is 43.9 Å². The van der Waals surface area contributed by atoms with Crippen LogP contribution in [0.4, 0.5) is 26.5 Å². The fourth-order valence-electron chi connectivity index (χ4n) is 4.88. The molecule has 1 aromatic carbocycles. The number of halogens is 1. The Bertz CT molecular complexity index is 1550. The van der Waals surface area contributed by atoms with Gasteiger partial charge in [0.05, 0.1) is 60.3 Å². The minimum absolute atomic E-state index is 0.00754. The van der Waals surface area contributed by atoms with Crippen molar-refractivity contribution in [2.75, 3.05) is 10.6 Å². The number of rotatable bonds is 10. The van der Waals surface area contributed by atoms with Crippen LogP contribution in [0.25, 0.3) is 5.69 Å². The molecule has 3 atom stereocenters. The van der Waals surface area contributed by atoms with E-state index in [9.17, 15) is 14.7 Å². The van der Waals surface area contributed by atoms with Crippen LogP contribution in [0.1, 0.15) is 40.9 Å². The summed E-state index contributed by atoms with van der Waals surface area (Å²) in [5.74, 6) is -1.89. The Morgan fingerprint density at radius 3 is 2.60 bits per heavy atom. The number of pyridine rings is 2. The first-order chi connectivity index (χ1) is 20.3. The average molecular weight is 576 g/mol. The number of nitrogens with one attached hydrogen (secondary N) is 3. The first kappa shape index (κ1) is 28.4. The summed E-state index contributed by atoms with van der Waals surface area (Å²) in [4.78, 5) is 33.8. The van der Waals surface area contributed by atoms with Gasteiger partial charge in [0.2, 0.25) is 0 Å². The third-order valence-electron chi connectivity index (χ3n) is 6.96. The second-order valence-corrected chi connectivity index (χ2v) is 9.89. The van der Waals surface area contributed by atoms with E-state index in [1.165, 1.54) is 23.4 Å². The summed E-state index contributed by atoms with van der Waals surface area (Å²) in [5, 5.41) is 26.2. The van der Waals surface area contributed by atoms with Gasteiger partial charge in [0.1, 0.15) is 11.5 Å². The van der Waals surface area contributed by atoms with E-state index in [4.69, 9.17) is 10.5 Å². The van der Waals surface area contributed by atoms with Gasteiger partial charge >= 0.3 is 6.09 Å². The molecule has 3 aromatic heterocycles. The molecule has 0 spiro atoms. The van der Waals surface area contributed by atoms with Crippen molar-refractivity contribution in [2.24, 2.45) is 5.73 Å². The van der Waals surface area contributed by atoms with Crippen molar-refractivity contribution in [3.63, 3.8) is 0 Å². The van der Waals surface area contributed by atoms with Crippen molar-refractivity contribution in [2.45, 2.75) is 51.0 Å². The summed E-state index contributed by atoms with van der Waals surface area (Å²) in [7, 11) is 0. The molecule has 42 heavy (non-hydrogen) atoms. The first-order valence-corrected chi connectivity index (χ1v) is 13.3. The minimum atomic E-state index is -1.19. The molecule has 2 amide bonds. The molecular formula is C28H30FN9O4. The number of aromatic nitrogens is 5. The Labute approximate surface area is 240 Å². The Morgan fingerprint density at radius 2 is 1.88 bits per heavy atom. The molecular weight excluding hydrogens is 545 g/mol. The number of hydrogen-bond donors (Lipinski definition) is 5. The summed E-state index contributed by atoms with van der Waals surface area (Å²) < 4.78 is 21.4. The lowest BCUT2D eigenvalue weighted by Crippen LogP contribution is -2.51. The highest BCUT2D eigenvalue weighted by Gasteiger charge is 2.33. The Kier molecular flexibility index (Phi) is 8.52. The van der Waals surface area contributed by atoms with E-state index >= 15 is 4.39 Å².